The molecule has 1 N–H and O–H groups in total. The van der Waals surface area contributed by atoms with Gasteiger partial charge < -0.3 is 5.32 Å². The minimum Gasteiger partial charge on any atom is -0.310 e. The normalized spacial score (nSPS) is 12.4. The molecule has 0 aliphatic heterocycles. The van der Waals surface area contributed by atoms with Crippen LogP contribution in [0.2, 0.25) is 5.02 Å². The van der Waals surface area contributed by atoms with E-state index >= 15 is 0 Å². The van der Waals surface area contributed by atoms with Gasteiger partial charge in [0.1, 0.15) is 5.82 Å². The third-order valence-corrected chi connectivity index (χ3v) is 4.46. The molecule has 0 aromatic heterocycles. The van der Waals surface area contributed by atoms with Crippen LogP contribution in [0.25, 0.3) is 0 Å². The van der Waals surface area contributed by atoms with Crippen molar-refractivity contribution in [2.45, 2.75) is 36.1 Å². The molecule has 1 unspecified atom stereocenters. The van der Waals surface area contributed by atoms with Crippen LogP contribution in [0.3, 0.4) is 0 Å². The van der Waals surface area contributed by atoms with E-state index in [0.29, 0.717) is 9.92 Å². The summed E-state index contributed by atoms with van der Waals surface area (Å²) >= 11 is 7.34. The number of rotatable bonds is 6. The molecule has 0 bridgehead atoms. The second-order valence-corrected chi connectivity index (χ2v) is 6.48. The molecule has 2 aromatic carbocycles. The second-order valence-electron chi connectivity index (χ2n) is 4.93. The molecule has 0 aliphatic carbocycles. The first-order chi connectivity index (χ1) is 10.1. The molecular formula is C17H19ClFNS. The molecule has 112 valence electrons. The summed E-state index contributed by atoms with van der Waals surface area (Å²) in [6.07, 6.45) is 1.07. The minimum atomic E-state index is -0.192. The lowest BCUT2D eigenvalue weighted by atomic mass is 10.1. The summed E-state index contributed by atoms with van der Waals surface area (Å²) in [5, 5.41) is 4.02. The Kier molecular flexibility index (Phi) is 6.09. The number of halogens is 2. The van der Waals surface area contributed by atoms with Crippen LogP contribution in [-0.2, 0) is 0 Å². The van der Waals surface area contributed by atoms with Gasteiger partial charge in [-0.2, -0.15) is 0 Å². The fourth-order valence-electron chi connectivity index (χ4n) is 2.01. The van der Waals surface area contributed by atoms with Crippen LogP contribution < -0.4 is 5.32 Å². The predicted octanol–water partition coefficient (Wildman–Crippen LogP) is 5.69. The summed E-state index contributed by atoms with van der Waals surface area (Å²) in [4.78, 5) is 1.55. The van der Waals surface area contributed by atoms with Gasteiger partial charge in [-0.3, -0.25) is 0 Å². The van der Waals surface area contributed by atoms with Gasteiger partial charge in [-0.05, 0) is 55.8 Å². The van der Waals surface area contributed by atoms with Gasteiger partial charge in [0.15, 0.2) is 0 Å². The highest BCUT2D eigenvalue weighted by atomic mass is 35.5. The first-order valence-corrected chi connectivity index (χ1v) is 8.26. The highest BCUT2D eigenvalue weighted by Crippen LogP contribution is 2.32. The van der Waals surface area contributed by atoms with Crippen molar-refractivity contribution in [3.63, 3.8) is 0 Å². The standard InChI is InChI=1S/C17H19ClFNS/c1-3-9-20-12(2)13-7-8-17(16(19)10-13)21-15-6-4-5-14(18)11-15/h4-8,10-12,20H,3,9H2,1-2H3. The van der Waals surface area contributed by atoms with Crippen molar-refractivity contribution in [1.29, 1.82) is 0 Å². The molecular weight excluding hydrogens is 305 g/mol. The quantitative estimate of drug-likeness (QED) is 0.732. The maximum Gasteiger partial charge on any atom is 0.137 e. The second kappa shape index (κ2) is 7.83. The summed E-state index contributed by atoms with van der Waals surface area (Å²) in [5.74, 6) is -0.192. The van der Waals surface area contributed by atoms with Crippen molar-refractivity contribution in [1.82, 2.24) is 5.32 Å². The molecule has 0 radical (unpaired) electrons. The summed E-state index contributed by atoms with van der Waals surface area (Å²) < 4.78 is 14.2. The van der Waals surface area contributed by atoms with E-state index in [1.165, 1.54) is 11.8 Å². The molecule has 4 heteroatoms. The summed E-state index contributed by atoms with van der Waals surface area (Å²) in [6, 6.07) is 13.0. The van der Waals surface area contributed by atoms with Gasteiger partial charge in [0.05, 0.1) is 0 Å². The molecule has 0 fully saturated rings. The van der Waals surface area contributed by atoms with Crippen molar-refractivity contribution >= 4 is 23.4 Å². The Balaban J connectivity index is 2.12. The van der Waals surface area contributed by atoms with Gasteiger partial charge >= 0.3 is 0 Å². The Hall–Kier alpha value is -1.03. The molecule has 1 atom stereocenters. The molecule has 21 heavy (non-hydrogen) atoms. The van der Waals surface area contributed by atoms with Crippen LogP contribution in [0.1, 0.15) is 31.9 Å². The molecule has 2 rings (SSSR count). The molecule has 0 spiro atoms. The summed E-state index contributed by atoms with van der Waals surface area (Å²) in [6.45, 7) is 5.10. The van der Waals surface area contributed by atoms with Gasteiger partial charge in [0.2, 0.25) is 0 Å². The van der Waals surface area contributed by atoms with E-state index in [2.05, 4.69) is 12.2 Å². The largest absolute Gasteiger partial charge is 0.310 e. The number of nitrogens with one attached hydrogen (secondary N) is 1. The van der Waals surface area contributed by atoms with Crippen LogP contribution in [0.15, 0.2) is 52.3 Å². The Bertz CT molecular complexity index is 603. The smallest absolute Gasteiger partial charge is 0.137 e. The average molecular weight is 324 g/mol. The zero-order valence-electron chi connectivity index (χ0n) is 12.2. The molecule has 2 aromatic rings. The van der Waals surface area contributed by atoms with Crippen molar-refractivity contribution in [3.05, 3.63) is 58.9 Å². The van der Waals surface area contributed by atoms with Gasteiger partial charge in [-0.25, -0.2) is 4.39 Å². The van der Waals surface area contributed by atoms with Crippen LogP contribution in [0, 0.1) is 5.82 Å². The zero-order valence-corrected chi connectivity index (χ0v) is 13.8. The monoisotopic (exact) mass is 323 g/mol. The van der Waals surface area contributed by atoms with Crippen LogP contribution >= 0.6 is 23.4 Å². The average Bonchev–Trinajstić information content (AvgIpc) is 2.47. The van der Waals surface area contributed by atoms with E-state index < -0.39 is 0 Å². The van der Waals surface area contributed by atoms with E-state index in [4.69, 9.17) is 11.6 Å². The minimum absolute atomic E-state index is 0.157. The molecule has 0 aliphatic rings. The first kappa shape index (κ1) is 16.3. The van der Waals surface area contributed by atoms with Crippen LogP contribution in [-0.4, -0.2) is 6.54 Å². The lowest BCUT2D eigenvalue weighted by Crippen LogP contribution is -2.19. The van der Waals surface area contributed by atoms with Crippen molar-refractivity contribution < 1.29 is 4.39 Å². The van der Waals surface area contributed by atoms with Crippen LogP contribution in [0.5, 0.6) is 0 Å². The Morgan fingerprint density at radius 3 is 2.71 bits per heavy atom. The lowest BCUT2D eigenvalue weighted by Gasteiger charge is -2.14. The highest BCUT2D eigenvalue weighted by molar-refractivity contribution is 7.99. The van der Waals surface area contributed by atoms with Gasteiger partial charge in [-0.15, -0.1) is 0 Å². The third kappa shape index (κ3) is 4.73. The van der Waals surface area contributed by atoms with Gasteiger partial charge in [-0.1, -0.05) is 42.4 Å². The lowest BCUT2D eigenvalue weighted by molar-refractivity contribution is 0.556. The van der Waals surface area contributed by atoms with Crippen molar-refractivity contribution in [2.24, 2.45) is 0 Å². The number of benzene rings is 2. The fourth-order valence-corrected chi connectivity index (χ4v) is 3.14. The zero-order chi connectivity index (χ0) is 15.2. The highest BCUT2D eigenvalue weighted by Gasteiger charge is 2.10. The van der Waals surface area contributed by atoms with Crippen molar-refractivity contribution in [2.75, 3.05) is 6.54 Å². The van der Waals surface area contributed by atoms with Crippen molar-refractivity contribution in [3.8, 4) is 0 Å². The van der Waals surface area contributed by atoms with E-state index in [-0.39, 0.29) is 11.9 Å². The number of hydrogen-bond acceptors (Lipinski definition) is 2. The maximum atomic E-state index is 14.2. The Labute approximate surface area is 134 Å². The maximum absolute atomic E-state index is 14.2. The number of hydrogen-bond donors (Lipinski definition) is 1. The van der Waals surface area contributed by atoms with E-state index in [1.54, 1.807) is 6.07 Å². The summed E-state index contributed by atoms with van der Waals surface area (Å²) in [7, 11) is 0. The molecule has 0 amide bonds. The first-order valence-electron chi connectivity index (χ1n) is 7.06. The van der Waals surface area contributed by atoms with Gasteiger partial charge in [0, 0.05) is 20.9 Å². The van der Waals surface area contributed by atoms with E-state index in [1.807, 2.05) is 43.3 Å². The molecule has 1 nitrogen and oxygen atoms in total. The Morgan fingerprint density at radius 1 is 1.24 bits per heavy atom. The molecule has 0 heterocycles. The Morgan fingerprint density at radius 2 is 2.05 bits per heavy atom. The van der Waals surface area contributed by atoms with E-state index in [9.17, 15) is 4.39 Å². The topological polar surface area (TPSA) is 12.0 Å². The fraction of sp³-hybridized carbons (Fsp3) is 0.294. The van der Waals surface area contributed by atoms with Gasteiger partial charge in [0.25, 0.3) is 0 Å². The molecule has 0 saturated carbocycles. The SMILES string of the molecule is CCCNC(C)c1ccc(Sc2cccc(Cl)c2)c(F)c1. The van der Waals surface area contributed by atoms with Crippen LogP contribution in [0.4, 0.5) is 4.39 Å². The predicted molar refractivity (Wildman–Crippen MR) is 88.7 cm³/mol. The third-order valence-electron chi connectivity index (χ3n) is 3.18. The summed E-state index contributed by atoms with van der Waals surface area (Å²) in [5.41, 5.74) is 0.969. The van der Waals surface area contributed by atoms with E-state index in [0.717, 1.165) is 23.4 Å². The molecule has 0 saturated heterocycles.